The van der Waals surface area contributed by atoms with E-state index in [1.165, 1.54) is 21.8 Å². The smallest absolute Gasteiger partial charge is 0.459 e. The molecule has 6 nitrogen and oxygen atoms in total. The Morgan fingerprint density at radius 2 is 1.32 bits per heavy atom. The lowest BCUT2D eigenvalue weighted by Gasteiger charge is -2.33. The van der Waals surface area contributed by atoms with Gasteiger partial charge in [-0.05, 0) is 86.0 Å². The van der Waals surface area contributed by atoms with Crippen LogP contribution in [0.1, 0.15) is 26.3 Å². The standard InChI is InChI=1S/C49H36BNO5S/c1-48(2)49(3,47(52)53-29-30-13-5-4-6-14-30)56-50(55-48)38-28-32(27-37-45-43(57-46(37)38)26-25-42-44(45)36-17-9-12-20-41(36)54-42)31-21-23-33(24-22-31)51-39-18-10-7-15-34(39)35-16-8-11-19-40(35)51/h4-28H,29H2,1-3H3. The number of fused-ring (bicyclic) bond motifs is 10. The van der Waals surface area contributed by atoms with E-state index in [9.17, 15) is 4.79 Å². The highest BCUT2D eigenvalue weighted by molar-refractivity contribution is 7.27. The number of ether oxygens (including phenoxy) is 1. The fourth-order valence-electron chi connectivity index (χ4n) is 8.60. The van der Waals surface area contributed by atoms with Crippen LogP contribution in [-0.4, -0.2) is 28.9 Å². The van der Waals surface area contributed by atoms with Crippen molar-refractivity contribution < 1.29 is 23.3 Å². The highest BCUT2D eigenvalue weighted by Gasteiger charge is 2.60. The van der Waals surface area contributed by atoms with Gasteiger partial charge in [0, 0.05) is 52.9 Å². The lowest BCUT2D eigenvalue weighted by molar-refractivity contribution is -0.169. The molecule has 1 saturated heterocycles. The van der Waals surface area contributed by atoms with Crippen molar-refractivity contribution in [2.45, 2.75) is 38.6 Å². The number of carbonyl (C=O) groups excluding carboxylic acids is 1. The summed E-state index contributed by atoms with van der Waals surface area (Å²) in [6, 6.07) is 52.4. The van der Waals surface area contributed by atoms with Gasteiger partial charge in [-0.25, -0.2) is 4.79 Å². The number of hydrogen-bond donors (Lipinski definition) is 0. The molecule has 1 unspecified atom stereocenters. The number of aromatic nitrogens is 1. The predicted octanol–water partition coefficient (Wildman–Crippen LogP) is 11.7. The van der Waals surface area contributed by atoms with Crippen molar-refractivity contribution in [3.63, 3.8) is 0 Å². The highest BCUT2D eigenvalue weighted by atomic mass is 32.1. The molecule has 8 heteroatoms. The Morgan fingerprint density at radius 1 is 0.649 bits per heavy atom. The van der Waals surface area contributed by atoms with Crippen molar-refractivity contribution in [2.24, 2.45) is 0 Å². The van der Waals surface area contributed by atoms with Gasteiger partial charge in [-0.3, -0.25) is 0 Å². The van der Waals surface area contributed by atoms with E-state index in [1.807, 2.05) is 56.3 Å². The number of esters is 1. The Morgan fingerprint density at radius 3 is 2.05 bits per heavy atom. The number of carbonyl (C=O) groups is 1. The zero-order valence-electron chi connectivity index (χ0n) is 31.6. The number of furan rings is 1. The molecule has 0 radical (unpaired) electrons. The summed E-state index contributed by atoms with van der Waals surface area (Å²) < 4.78 is 30.3. The summed E-state index contributed by atoms with van der Waals surface area (Å²) in [6.45, 7) is 5.73. The Hall–Kier alpha value is -6.19. The maximum absolute atomic E-state index is 13.9. The summed E-state index contributed by atoms with van der Waals surface area (Å²) in [7, 11) is -0.835. The molecule has 1 fully saturated rings. The molecule has 0 N–H and O–H groups in total. The minimum atomic E-state index is -1.37. The van der Waals surface area contributed by atoms with Crippen molar-refractivity contribution in [3.05, 3.63) is 157 Å². The number of hydrogen-bond acceptors (Lipinski definition) is 6. The molecule has 0 saturated carbocycles. The van der Waals surface area contributed by atoms with Crippen LogP contribution in [-0.2, 0) is 25.4 Å². The summed E-state index contributed by atoms with van der Waals surface area (Å²) in [5.41, 5.74) is 6.58. The number of benzene rings is 7. The topological polar surface area (TPSA) is 62.8 Å². The summed E-state index contributed by atoms with van der Waals surface area (Å²) >= 11 is 1.70. The van der Waals surface area contributed by atoms with Crippen molar-refractivity contribution in [2.75, 3.05) is 0 Å². The molecule has 1 atom stereocenters. The SMILES string of the molecule is CC1(C)OB(c2cc(-c3ccc(-n4c5ccccc5c5ccccc54)cc3)cc3c2sc2ccc4oc5ccccc5c4c23)OC1(C)C(=O)OCc1ccccc1. The monoisotopic (exact) mass is 761 g/mol. The molecule has 0 bridgehead atoms. The zero-order valence-corrected chi connectivity index (χ0v) is 32.4. The summed E-state index contributed by atoms with van der Waals surface area (Å²) in [5.74, 6) is -0.463. The largest absolute Gasteiger partial charge is 0.496 e. The van der Waals surface area contributed by atoms with Gasteiger partial charge in [-0.1, -0.05) is 103 Å². The van der Waals surface area contributed by atoms with Crippen LogP contribution in [0.4, 0.5) is 0 Å². The van der Waals surface area contributed by atoms with Crippen molar-refractivity contribution in [1.82, 2.24) is 4.57 Å². The van der Waals surface area contributed by atoms with E-state index in [0.717, 1.165) is 70.0 Å². The van der Waals surface area contributed by atoms with Crippen molar-refractivity contribution >= 4 is 93.8 Å². The maximum Gasteiger partial charge on any atom is 0.496 e. The number of para-hydroxylation sites is 3. The first kappa shape index (κ1) is 34.1. The van der Waals surface area contributed by atoms with Crippen LogP contribution in [0.3, 0.4) is 0 Å². The molecule has 10 aromatic rings. The van der Waals surface area contributed by atoms with Crippen LogP contribution in [0, 0.1) is 0 Å². The Balaban J connectivity index is 1.07. The van der Waals surface area contributed by atoms with Gasteiger partial charge >= 0.3 is 13.1 Å². The lowest BCUT2D eigenvalue weighted by atomic mass is 9.77. The highest BCUT2D eigenvalue weighted by Crippen LogP contribution is 2.45. The normalized spacial score (nSPS) is 16.9. The summed E-state index contributed by atoms with van der Waals surface area (Å²) in [5, 5.41) is 6.82. The van der Waals surface area contributed by atoms with E-state index in [-0.39, 0.29) is 6.61 Å². The minimum absolute atomic E-state index is 0.147. The molecule has 7 aromatic carbocycles. The second kappa shape index (κ2) is 12.7. The molecule has 57 heavy (non-hydrogen) atoms. The van der Waals surface area contributed by atoms with Gasteiger partial charge in [0.1, 0.15) is 17.8 Å². The molecule has 1 aliphatic rings. The lowest BCUT2D eigenvalue weighted by Crippen LogP contribution is -2.52. The van der Waals surface area contributed by atoms with Gasteiger partial charge in [-0.2, -0.15) is 0 Å². The summed E-state index contributed by atoms with van der Waals surface area (Å²) in [6.07, 6.45) is 0. The van der Waals surface area contributed by atoms with Crippen molar-refractivity contribution in [1.29, 1.82) is 0 Å². The molecule has 0 amide bonds. The van der Waals surface area contributed by atoms with E-state index >= 15 is 0 Å². The van der Waals surface area contributed by atoms with Gasteiger partial charge in [0.25, 0.3) is 0 Å². The molecule has 276 valence electrons. The molecule has 11 rings (SSSR count). The van der Waals surface area contributed by atoms with Gasteiger partial charge < -0.3 is 23.0 Å². The average molecular weight is 762 g/mol. The fraction of sp³-hybridized carbons (Fsp3) is 0.122. The van der Waals surface area contributed by atoms with Crippen LogP contribution >= 0.6 is 11.3 Å². The first-order valence-corrected chi connectivity index (χ1v) is 20.1. The van der Waals surface area contributed by atoms with Crippen LogP contribution < -0.4 is 5.46 Å². The summed E-state index contributed by atoms with van der Waals surface area (Å²) in [4.78, 5) is 13.9. The van der Waals surface area contributed by atoms with Gasteiger partial charge in [0.05, 0.1) is 16.6 Å². The van der Waals surface area contributed by atoms with Gasteiger partial charge in [0.15, 0.2) is 5.60 Å². The predicted molar refractivity (Wildman–Crippen MR) is 233 cm³/mol. The Labute approximate surface area is 332 Å². The van der Waals surface area contributed by atoms with Crippen LogP contribution in [0.5, 0.6) is 0 Å². The first-order valence-electron chi connectivity index (χ1n) is 19.2. The third-order valence-electron chi connectivity index (χ3n) is 11.9. The van der Waals surface area contributed by atoms with E-state index in [1.54, 1.807) is 18.3 Å². The molecule has 1 aliphatic heterocycles. The second-order valence-corrected chi connectivity index (χ2v) is 16.6. The average Bonchev–Trinajstić information content (AvgIpc) is 3.97. The molecule has 3 aromatic heterocycles. The van der Waals surface area contributed by atoms with Crippen LogP contribution in [0.25, 0.3) is 80.7 Å². The second-order valence-electron chi connectivity index (χ2n) is 15.5. The third kappa shape index (κ3) is 5.21. The Kier molecular flexibility index (Phi) is 7.58. The van der Waals surface area contributed by atoms with E-state index in [0.29, 0.717) is 0 Å². The number of rotatable bonds is 6. The van der Waals surface area contributed by atoms with Gasteiger partial charge in [0.2, 0.25) is 0 Å². The van der Waals surface area contributed by atoms with Gasteiger partial charge in [-0.15, -0.1) is 11.3 Å². The third-order valence-corrected chi connectivity index (χ3v) is 13.1. The quantitative estimate of drug-likeness (QED) is 0.125. The van der Waals surface area contributed by atoms with E-state index in [4.69, 9.17) is 18.5 Å². The maximum atomic E-state index is 13.9. The minimum Gasteiger partial charge on any atom is -0.459 e. The fourth-order valence-corrected chi connectivity index (χ4v) is 9.81. The molecule has 0 aliphatic carbocycles. The number of thiophene rings is 1. The first-order chi connectivity index (χ1) is 27.8. The molecular formula is C49H36BNO5S. The van der Waals surface area contributed by atoms with Crippen LogP contribution in [0.15, 0.2) is 156 Å². The number of nitrogens with zero attached hydrogens (tertiary/aromatic N) is 1. The Bertz CT molecular complexity index is 3160. The van der Waals surface area contributed by atoms with E-state index in [2.05, 4.69) is 114 Å². The van der Waals surface area contributed by atoms with E-state index < -0.39 is 24.3 Å². The molecular weight excluding hydrogens is 725 g/mol. The molecule has 4 heterocycles. The molecule has 0 spiro atoms. The van der Waals surface area contributed by atoms with Crippen molar-refractivity contribution in [3.8, 4) is 16.8 Å². The zero-order chi connectivity index (χ0) is 38.5. The van der Waals surface area contributed by atoms with Crippen LogP contribution in [0.2, 0.25) is 0 Å².